The van der Waals surface area contributed by atoms with Crippen molar-refractivity contribution in [2.75, 3.05) is 27.2 Å². The molecule has 2 N–H and O–H groups in total. The van der Waals surface area contributed by atoms with Gasteiger partial charge in [-0.3, -0.25) is 9.59 Å². The molecule has 1 amide bonds. The molecule has 0 fully saturated rings. The molecule has 0 aromatic rings. The highest BCUT2D eigenvalue weighted by Crippen LogP contribution is 2.04. The Bertz CT molecular complexity index is 219. The molecule has 0 radical (unpaired) electrons. The number of carbonyl (C=O) groups is 2. The Kier molecular flexibility index (Phi) is 8.52. The van der Waals surface area contributed by atoms with Crippen molar-refractivity contribution in [3.8, 4) is 0 Å². The highest BCUT2D eigenvalue weighted by molar-refractivity contribution is 5.81. The predicted octanol–water partition coefficient (Wildman–Crippen LogP) is 0.527. The van der Waals surface area contributed by atoms with Crippen LogP contribution in [0.15, 0.2) is 0 Å². The fraction of sp³-hybridized carbons (Fsp3) is 0.818. The molecule has 94 valence electrons. The first-order chi connectivity index (χ1) is 7.61. The number of esters is 1. The minimum absolute atomic E-state index is 0.0156. The van der Waals surface area contributed by atoms with Crippen LogP contribution in [0.1, 0.15) is 32.1 Å². The summed E-state index contributed by atoms with van der Waals surface area (Å²) in [5.74, 6) is -0.405. The second-order valence-electron chi connectivity index (χ2n) is 3.78. The number of hydrogen-bond donors (Lipinski definition) is 1. The molecule has 0 aliphatic rings. The number of ether oxygens (including phenoxy) is 1. The molecule has 0 spiro atoms. The zero-order chi connectivity index (χ0) is 12.4. The molecule has 0 aromatic heterocycles. The van der Waals surface area contributed by atoms with Crippen molar-refractivity contribution < 1.29 is 14.3 Å². The Morgan fingerprint density at radius 1 is 1.19 bits per heavy atom. The lowest BCUT2D eigenvalue weighted by Gasteiger charge is -2.15. The van der Waals surface area contributed by atoms with Crippen LogP contribution >= 0.6 is 0 Å². The van der Waals surface area contributed by atoms with Gasteiger partial charge in [-0.1, -0.05) is 12.8 Å². The minimum atomic E-state index is -0.390. The number of nitrogens with zero attached hydrogens (tertiary/aromatic N) is 1. The van der Waals surface area contributed by atoms with Crippen molar-refractivity contribution in [2.45, 2.75) is 32.1 Å². The fourth-order valence-electron chi connectivity index (χ4n) is 1.31. The first kappa shape index (κ1) is 14.9. The molecule has 0 bridgehead atoms. The van der Waals surface area contributed by atoms with Crippen LogP contribution in [0.25, 0.3) is 0 Å². The number of hydrogen-bond acceptors (Lipinski definition) is 4. The predicted molar refractivity (Wildman–Crippen MR) is 61.8 cm³/mol. The summed E-state index contributed by atoms with van der Waals surface area (Å²) in [6, 6.07) is 0. The molecule has 0 aliphatic heterocycles. The molecule has 5 nitrogen and oxygen atoms in total. The molecular formula is C11H22N2O3. The highest BCUT2D eigenvalue weighted by atomic mass is 16.5. The molecule has 0 unspecified atom stereocenters. The van der Waals surface area contributed by atoms with Gasteiger partial charge in [-0.15, -0.1) is 0 Å². The van der Waals surface area contributed by atoms with Gasteiger partial charge in [0.05, 0.1) is 7.11 Å². The van der Waals surface area contributed by atoms with Gasteiger partial charge in [0.15, 0.2) is 0 Å². The van der Waals surface area contributed by atoms with Gasteiger partial charge in [-0.2, -0.15) is 0 Å². The van der Waals surface area contributed by atoms with Gasteiger partial charge in [0.2, 0.25) is 5.91 Å². The van der Waals surface area contributed by atoms with Gasteiger partial charge in [0, 0.05) is 13.5 Å². The van der Waals surface area contributed by atoms with Crippen LogP contribution in [0.5, 0.6) is 0 Å². The lowest BCUT2D eigenvalue weighted by Crippen LogP contribution is -2.32. The molecule has 0 atom stereocenters. The summed E-state index contributed by atoms with van der Waals surface area (Å²) >= 11 is 0. The highest BCUT2D eigenvalue weighted by Gasteiger charge is 2.12. The van der Waals surface area contributed by atoms with Crippen molar-refractivity contribution in [3.05, 3.63) is 0 Å². The summed E-state index contributed by atoms with van der Waals surface area (Å²) in [4.78, 5) is 23.8. The first-order valence-electron chi connectivity index (χ1n) is 5.62. The molecule has 16 heavy (non-hydrogen) atoms. The Balaban J connectivity index is 3.59. The van der Waals surface area contributed by atoms with E-state index < -0.39 is 0 Å². The number of rotatable bonds is 8. The van der Waals surface area contributed by atoms with Gasteiger partial charge in [-0.05, 0) is 19.4 Å². The van der Waals surface area contributed by atoms with Gasteiger partial charge in [0.25, 0.3) is 0 Å². The van der Waals surface area contributed by atoms with E-state index in [2.05, 4.69) is 4.74 Å². The number of nitrogens with two attached hydrogens (primary N) is 1. The van der Waals surface area contributed by atoms with Gasteiger partial charge >= 0.3 is 5.97 Å². The number of likely N-dealkylation sites (N-methyl/N-ethyl adjacent to an activating group) is 1. The maximum atomic E-state index is 11.5. The Hall–Kier alpha value is -1.10. The molecule has 0 rings (SSSR count). The number of unbranched alkanes of at least 4 members (excludes halogenated alkanes) is 3. The summed E-state index contributed by atoms with van der Waals surface area (Å²) in [6.07, 6.45) is 4.41. The normalized spacial score (nSPS) is 9.94. The second-order valence-corrected chi connectivity index (χ2v) is 3.78. The third-order valence-electron chi connectivity index (χ3n) is 2.36. The molecule has 0 saturated carbocycles. The average molecular weight is 230 g/mol. The zero-order valence-electron chi connectivity index (χ0n) is 10.2. The summed E-state index contributed by atoms with van der Waals surface area (Å²) in [6.45, 7) is 0.730. The van der Waals surface area contributed by atoms with Gasteiger partial charge < -0.3 is 15.4 Å². The van der Waals surface area contributed by atoms with Crippen molar-refractivity contribution in [3.63, 3.8) is 0 Å². The van der Waals surface area contributed by atoms with Crippen LogP contribution in [-0.2, 0) is 14.3 Å². The summed E-state index contributed by atoms with van der Waals surface area (Å²) in [5, 5.41) is 0. The van der Waals surface area contributed by atoms with Crippen LogP contribution in [-0.4, -0.2) is 44.0 Å². The molecule has 0 saturated heterocycles. The molecule has 0 heterocycles. The van der Waals surface area contributed by atoms with Gasteiger partial charge in [0.1, 0.15) is 6.54 Å². The van der Waals surface area contributed by atoms with E-state index in [-0.39, 0.29) is 18.4 Å². The number of amides is 1. The van der Waals surface area contributed by atoms with Crippen LogP contribution < -0.4 is 5.73 Å². The number of carbonyl (C=O) groups excluding carboxylic acids is 2. The van der Waals surface area contributed by atoms with E-state index in [4.69, 9.17) is 5.73 Å². The van der Waals surface area contributed by atoms with E-state index in [0.29, 0.717) is 13.0 Å². The first-order valence-corrected chi connectivity index (χ1v) is 5.62. The largest absolute Gasteiger partial charge is 0.468 e. The third kappa shape index (κ3) is 7.23. The van der Waals surface area contributed by atoms with Crippen LogP contribution in [0.4, 0.5) is 0 Å². The van der Waals surface area contributed by atoms with Crippen LogP contribution in [0.3, 0.4) is 0 Å². The van der Waals surface area contributed by atoms with E-state index in [1.165, 1.54) is 12.0 Å². The Morgan fingerprint density at radius 3 is 2.38 bits per heavy atom. The maximum absolute atomic E-state index is 11.5. The monoisotopic (exact) mass is 230 g/mol. The van der Waals surface area contributed by atoms with E-state index in [1.54, 1.807) is 7.05 Å². The molecule has 0 aliphatic carbocycles. The van der Waals surface area contributed by atoms with Crippen molar-refractivity contribution in [2.24, 2.45) is 5.73 Å². The van der Waals surface area contributed by atoms with E-state index in [1.807, 2.05) is 0 Å². The molecular weight excluding hydrogens is 208 g/mol. The standard InChI is InChI=1S/C11H22N2O3/c1-13(9-11(15)16-2)10(14)7-5-3-4-6-8-12/h3-9,12H2,1-2H3. The molecule has 5 heteroatoms. The van der Waals surface area contributed by atoms with E-state index in [0.717, 1.165) is 25.7 Å². The van der Waals surface area contributed by atoms with Crippen LogP contribution in [0.2, 0.25) is 0 Å². The summed E-state index contributed by atoms with van der Waals surface area (Å²) in [5.41, 5.74) is 5.36. The van der Waals surface area contributed by atoms with Crippen LogP contribution in [0, 0.1) is 0 Å². The minimum Gasteiger partial charge on any atom is -0.468 e. The Labute approximate surface area is 96.9 Å². The maximum Gasteiger partial charge on any atom is 0.325 e. The lowest BCUT2D eigenvalue weighted by molar-refractivity contribution is -0.146. The topological polar surface area (TPSA) is 72.6 Å². The molecule has 0 aromatic carbocycles. The van der Waals surface area contributed by atoms with E-state index >= 15 is 0 Å². The average Bonchev–Trinajstić information content (AvgIpc) is 2.28. The third-order valence-corrected chi connectivity index (χ3v) is 2.36. The Morgan fingerprint density at radius 2 is 1.81 bits per heavy atom. The quantitative estimate of drug-likeness (QED) is 0.487. The van der Waals surface area contributed by atoms with E-state index in [9.17, 15) is 9.59 Å². The fourth-order valence-corrected chi connectivity index (χ4v) is 1.31. The van der Waals surface area contributed by atoms with Gasteiger partial charge in [-0.25, -0.2) is 0 Å². The smallest absolute Gasteiger partial charge is 0.325 e. The SMILES string of the molecule is COC(=O)CN(C)C(=O)CCCCCCN. The van der Waals surface area contributed by atoms with Crippen molar-refractivity contribution in [1.29, 1.82) is 0 Å². The summed E-state index contributed by atoms with van der Waals surface area (Å²) < 4.78 is 4.48. The van der Waals surface area contributed by atoms with Crippen molar-refractivity contribution >= 4 is 11.9 Å². The lowest BCUT2D eigenvalue weighted by atomic mass is 10.1. The summed E-state index contributed by atoms with van der Waals surface area (Å²) in [7, 11) is 2.92. The number of methoxy groups -OCH3 is 1. The zero-order valence-corrected chi connectivity index (χ0v) is 10.2. The second kappa shape index (κ2) is 9.15. The van der Waals surface area contributed by atoms with Crippen molar-refractivity contribution in [1.82, 2.24) is 4.90 Å².